The molecule has 2 aliphatic rings. The molecule has 2 saturated heterocycles. The summed E-state index contributed by atoms with van der Waals surface area (Å²) in [6.07, 6.45) is 1.23. The van der Waals surface area contributed by atoms with E-state index in [0.717, 1.165) is 6.42 Å². The molecule has 0 aliphatic carbocycles. The molecule has 2 atom stereocenters. The van der Waals surface area contributed by atoms with Crippen LogP contribution in [0.3, 0.4) is 0 Å². The van der Waals surface area contributed by atoms with Gasteiger partial charge < -0.3 is 15.0 Å². The summed E-state index contributed by atoms with van der Waals surface area (Å²) in [7, 11) is 0. The van der Waals surface area contributed by atoms with E-state index in [4.69, 9.17) is 4.74 Å². The molecule has 0 aromatic heterocycles. The second-order valence-corrected chi connectivity index (χ2v) is 4.40. The zero-order valence-electron chi connectivity index (χ0n) is 9.57. The largest absolute Gasteiger partial charge is 0.378 e. The number of hydrogen-bond donors (Lipinski definition) is 1. The van der Waals surface area contributed by atoms with Crippen LogP contribution in [0.15, 0.2) is 0 Å². The molecule has 0 spiro atoms. The molecule has 2 amide bonds. The SMILES string of the molecule is CC1OCCC1C(=O)N1CCNC(=O)CC1. The Labute approximate surface area is 95.1 Å². The lowest BCUT2D eigenvalue weighted by atomic mass is 10.0. The lowest BCUT2D eigenvalue weighted by Gasteiger charge is -2.24. The number of ether oxygens (including phenoxy) is 1. The average molecular weight is 226 g/mol. The van der Waals surface area contributed by atoms with Gasteiger partial charge in [0.25, 0.3) is 0 Å². The highest BCUT2D eigenvalue weighted by atomic mass is 16.5. The van der Waals surface area contributed by atoms with Crippen LogP contribution < -0.4 is 5.32 Å². The highest BCUT2D eigenvalue weighted by Gasteiger charge is 2.34. The van der Waals surface area contributed by atoms with Crippen LogP contribution in [0.5, 0.6) is 0 Å². The van der Waals surface area contributed by atoms with Crippen molar-refractivity contribution in [3.8, 4) is 0 Å². The van der Waals surface area contributed by atoms with Gasteiger partial charge in [0.05, 0.1) is 12.0 Å². The standard InChI is InChI=1S/C11H18N2O3/c1-8-9(3-7-16-8)11(15)13-5-2-10(14)12-4-6-13/h8-9H,2-7H2,1H3,(H,12,14). The summed E-state index contributed by atoms with van der Waals surface area (Å²) in [5, 5.41) is 2.77. The van der Waals surface area contributed by atoms with Crippen molar-refractivity contribution in [1.29, 1.82) is 0 Å². The second-order valence-electron chi connectivity index (χ2n) is 4.40. The van der Waals surface area contributed by atoms with Crippen molar-refractivity contribution < 1.29 is 14.3 Å². The molecule has 2 heterocycles. The third kappa shape index (κ3) is 2.35. The Balaban J connectivity index is 1.95. The lowest BCUT2D eigenvalue weighted by molar-refractivity contribution is -0.136. The van der Waals surface area contributed by atoms with Gasteiger partial charge in [-0.25, -0.2) is 0 Å². The molecule has 16 heavy (non-hydrogen) atoms. The minimum Gasteiger partial charge on any atom is -0.378 e. The third-order valence-corrected chi connectivity index (χ3v) is 3.32. The molecule has 5 nitrogen and oxygen atoms in total. The van der Waals surface area contributed by atoms with Gasteiger partial charge in [-0.15, -0.1) is 0 Å². The summed E-state index contributed by atoms with van der Waals surface area (Å²) in [5.74, 6) is 0.153. The van der Waals surface area contributed by atoms with E-state index >= 15 is 0 Å². The van der Waals surface area contributed by atoms with Crippen molar-refractivity contribution in [3.05, 3.63) is 0 Å². The fourth-order valence-electron chi connectivity index (χ4n) is 2.28. The van der Waals surface area contributed by atoms with Gasteiger partial charge in [0, 0.05) is 32.7 Å². The Bertz CT molecular complexity index is 293. The summed E-state index contributed by atoms with van der Waals surface area (Å²) in [6, 6.07) is 0. The minimum atomic E-state index is -0.0202. The van der Waals surface area contributed by atoms with Gasteiger partial charge in [0.1, 0.15) is 0 Å². The molecule has 0 aromatic carbocycles. The van der Waals surface area contributed by atoms with Gasteiger partial charge in [0.15, 0.2) is 0 Å². The van der Waals surface area contributed by atoms with E-state index in [2.05, 4.69) is 5.32 Å². The van der Waals surface area contributed by atoms with Crippen molar-refractivity contribution in [1.82, 2.24) is 10.2 Å². The minimum absolute atomic E-state index is 0.0133. The van der Waals surface area contributed by atoms with Gasteiger partial charge in [-0.1, -0.05) is 0 Å². The third-order valence-electron chi connectivity index (χ3n) is 3.32. The molecule has 90 valence electrons. The first-order valence-electron chi connectivity index (χ1n) is 5.85. The van der Waals surface area contributed by atoms with E-state index in [1.54, 1.807) is 4.90 Å². The van der Waals surface area contributed by atoms with E-state index in [0.29, 0.717) is 32.7 Å². The molecule has 0 bridgehead atoms. The van der Waals surface area contributed by atoms with Crippen LogP contribution in [0.2, 0.25) is 0 Å². The smallest absolute Gasteiger partial charge is 0.228 e. The average Bonchev–Trinajstić information content (AvgIpc) is 2.56. The molecule has 0 saturated carbocycles. The topological polar surface area (TPSA) is 58.6 Å². The number of amides is 2. The van der Waals surface area contributed by atoms with Gasteiger partial charge in [-0.2, -0.15) is 0 Å². The molecule has 2 rings (SSSR count). The van der Waals surface area contributed by atoms with Crippen molar-refractivity contribution in [2.45, 2.75) is 25.9 Å². The maximum atomic E-state index is 12.2. The summed E-state index contributed by atoms with van der Waals surface area (Å²) in [6.45, 7) is 4.33. The number of rotatable bonds is 1. The zero-order valence-corrected chi connectivity index (χ0v) is 9.57. The van der Waals surface area contributed by atoms with Crippen molar-refractivity contribution in [3.63, 3.8) is 0 Å². The molecule has 2 fully saturated rings. The van der Waals surface area contributed by atoms with Crippen LogP contribution >= 0.6 is 0 Å². The lowest BCUT2D eigenvalue weighted by Crippen LogP contribution is -2.40. The molecule has 5 heteroatoms. The number of hydrogen-bond acceptors (Lipinski definition) is 3. The molecular weight excluding hydrogens is 208 g/mol. The van der Waals surface area contributed by atoms with E-state index in [-0.39, 0.29) is 23.8 Å². The van der Waals surface area contributed by atoms with Gasteiger partial charge in [-0.05, 0) is 13.3 Å². The molecule has 2 aliphatic heterocycles. The van der Waals surface area contributed by atoms with Crippen LogP contribution in [0.25, 0.3) is 0 Å². The first-order valence-corrected chi connectivity index (χ1v) is 5.85. The first kappa shape index (κ1) is 11.4. The highest BCUT2D eigenvalue weighted by Crippen LogP contribution is 2.22. The van der Waals surface area contributed by atoms with Crippen LogP contribution in [0.1, 0.15) is 19.8 Å². The Kier molecular flexibility index (Phi) is 3.43. The maximum Gasteiger partial charge on any atom is 0.228 e. The summed E-state index contributed by atoms with van der Waals surface area (Å²) in [5.41, 5.74) is 0. The zero-order chi connectivity index (χ0) is 11.5. The summed E-state index contributed by atoms with van der Waals surface area (Å²) < 4.78 is 5.40. The van der Waals surface area contributed by atoms with Crippen LogP contribution in [-0.2, 0) is 14.3 Å². The fraction of sp³-hybridized carbons (Fsp3) is 0.818. The predicted octanol–water partition coefficient (Wildman–Crippen LogP) is -0.240. The van der Waals surface area contributed by atoms with Gasteiger partial charge in [-0.3, -0.25) is 9.59 Å². The Hall–Kier alpha value is -1.10. The fourth-order valence-corrected chi connectivity index (χ4v) is 2.28. The summed E-state index contributed by atoms with van der Waals surface area (Å²) >= 11 is 0. The predicted molar refractivity (Wildman–Crippen MR) is 57.7 cm³/mol. The Morgan fingerprint density at radius 3 is 3.00 bits per heavy atom. The normalized spacial score (nSPS) is 31.1. The molecule has 0 aromatic rings. The van der Waals surface area contributed by atoms with Crippen LogP contribution in [0, 0.1) is 5.92 Å². The first-order chi connectivity index (χ1) is 7.68. The number of nitrogens with zero attached hydrogens (tertiary/aromatic N) is 1. The highest BCUT2D eigenvalue weighted by molar-refractivity contribution is 5.82. The van der Waals surface area contributed by atoms with Crippen LogP contribution in [-0.4, -0.2) is 49.1 Å². The molecule has 2 unspecified atom stereocenters. The maximum absolute atomic E-state index is 12.2. The number of carbonyl (C=O) groups excluding carboxylic acids is 2. The number of carbonyl (C=O) groups is 2. The van der Waals surface area contributed by atoms with Gasteiger partial charge in [0.2, 0.25) is 11.8 Å². The van der Waals surface area contributed by atoms with E-state index in [9.17, 15) is 9.59 Å². The van der Waals surface area contributed by atoms with Gasteiger partial charge >= 0.3 is 0 Å². The molecule has 1 N–H and O–H groups in total. The molecule has 0 radical (unpaired) electrons. The van der Waals surface area contributed by atoms with E-state index in [1.807, 2.05) is 6.92 Å². The van der Waals surface area contributed by atoms with E-state index in [1.165, 1.54) is 0 Å². The van der Waals surface area contributed by atoms with E-state index < -0.39 is 0 Å². The van der Waals surface area contributed by atoms with Crippen molar-refractivity contribution in [2.24, 2.45) is 5.92 Å². The number of nitrogens with one attached hydrogen (secondary N) is 1. The molecular formula is C11H18N2O3. The summed E-state index contributed by atoms with van der Waals surface area (Å²) in [4.78, 5) is 25.1. The van der Waals surface area contributed by atoms with Crippen molar-refractivity contribution in [2.75, 3.05) is 26.2 Å². The quantitative estimate of drug-likeness (QED) is 0.671. The monoisotopic (exact) mass is 226 g/mol. The second kappa shape index (κ2) is 4.82. The Morgan fingerprint density at radius 2 is 2.31 bits per heavy atom. The van der Waals surface area contributed by atoms with Crippen LogP contribution in [0.4, 0.5) is 0 Å². The Morgan fingerprint density at radius 1 is 1.50 bits per heavy atom. The van der Waals surface area contributed by atoms with Crippen molar-refractivity contribution >= 4 is 11.8 Å².